The third kappa shape index (κ3) is 2.50. The van der Waals surface area contributed by atoms with Gasteiger partial charge < -0.3 is 5.73 Å². The minimum atomic E-state index is -3.80. The van der Waals surface area contributed by atoms with Crippen LogP contribution >= 0.6 is 0 Å². The van der Waals surface area contributed by atoms with E-state index in [9.17, 15) is 8.42 Å². The van der Waals surface area contributed by atoms with E-state index in [0.29, 0.717) is 16.6 Å². The van der Waals surface area contributed by atoms with E-state index in [-0.39, 0.29) is 10.6 Å². The molecule has 2 heterocycles. The first-order valence-electron chi connectivity index (χ1n) is 6.14. The number of pyridine rings is 2. The Morgan fingerprint density at radius 2 is 1.90 bits per heavy atom. The van der Waals surface area contributed by atoms with Gasteiger partial charge in [0.25, 0.3) is 10.0 Å². The van der Waals surface area contributed by atoms with Crippen LogP contribution < -0.4 is 10.5 Å². The average Bonchev–Trinajstić information content (AvgIpc) is 2.47. The van der Waals surface area contributed by atoms with Crippen LogP contribution in [0.3, 0.4) is 0 Å². The number of nitrogens with one attached hydrogen (secondary N) is 1. The van der Waals surface area contributed by atoms with E-state index in [1.165, 1.54) is 18.5 Å². The zero-order valence-electron chi connectivity index (χ0n) is 10.9. The molecule has 0 bridgehead atoms. The van der Waals surface area contributed by atoms with Crippen LogP contribution in [0, 0.1) is 0 Å². The van der Waals surface area contributed by atoms with Crippen molar-refractivity contribution in [3.63, 3.8) is 0 Å². The Hall–Kier alpha value is -2.67. The summed E-state index contributed by atoms with van der Waals surface area (Å²) < 4.78 is 27.4. The SMILES string of the molecule is Nc1ccncc1S(=O)(=O)Nc1cccc2ncccc12. The van der Waals surface area contributed by atoms with E-state index in [2.05, 4.69) is 14.7 Å². The van der Waals surface area contributed by atoms with Crippen LogP contribution in [0.5, 0.6) is 0 Å². The van der Waals surface area contributed by atoms with E-state index in [4.69, 9.17) is 5.73 Å². The number of nitrogens with two attached hydrogens (primary N) is 1. The maximum Gasteiger partial charge on any atom is 0.265 e. The molecule has 2 aromatic heterocycles. The maximum absolute atomic E-state index is 12.4. The Labute approximate surface area is 121 Å². The van der Waals surface area contributed by atoms with Gasteiger partial charge in [-0.05, 0) is 30.3 Å². The molecule has 0 atom stereocenters. The van der Waals surface area contributed by atoms with Crippen LogP contribution in [-0.2, 0) is 10.0 Å². The lowest BCUT2D eigenvalue weighted by atomic mass is 10.2. The second-order valence-electron chi connectivity index (χ2n) is 4.39. The molecule has 3 rings (SSSR count). The molecular formula is C14H12N4O2S. The van der Waals surface area contributed by atoms with Crippen molar-refractivity contribution < 1.29 is 8.42 Å². The predicted molar refractivity (Wildman–Crippen MR) is 81.2 cm³/mol. The monoisotopic (exact) mass is 300 g/mol. The van der Waals surface area contributed by atoms with Crippen LogP contribution in [0.25, 0.3) is 10.9 Å². The van der Waals surface area contributed by atoms with Crippen molar-refractivity contribution in [2.45, 2.75) is 4.90 Å². The van der Waals surface area contributed by atoms with Gasteiger partial charge in [0.15, 0.2) is 0 Å². The number of rotatable bonds is 3. The van der Waals surface area contributed by atoms with Crippen LogP contribution in [-0.4, -0.2) is 18.4 Å². The molecule has 0 amide bonds. The number of nitrogens with zero attached hydrogens (tertiary/aromatic N) is 2. The Morgan fingerprint density at radius 3 is 2.71 bits per heavy atom. The van der Waals surface area contributed by atoms with E-state index < -0.39 is 10.0 Å². The molecule has 7 heteroatoms. The smallest absolute Gasteiger partial charge is 0.265 e. The topological polar surface area (TPSA) is 98.0 Å². The van der Waals surface area contributed by atoms with Crippen LogP contribution in [0.1, 0.15) is 0 Å². The fourth-order valence-corrected chi connectivity index (χ4v) is 3.16. The van der Waals surface area contributed by atoms with Crippen LogP contribution in [0.4, 0.5) is 11.4 Å². The Morgan fingerprint density at radius 1 is 1.05 bits per heavy atom. The van der Waals surface area contributed by atoms with Gasteiger partial charge in [-0.15, -0.1) is 0 Å². The van der Waals surface area contributed by atoms with Crippen molar-refractivity contribution in [2.24, 2.45) is 0 Å². The van der Waals surface area contributed by atoms with Gasteiger partial charge >= 0.3 is 0 Å². The minimum Gasteiger partial charge on any atom is -0.398 e. The third-order valence-corrected chi connectivity index (χ3v) is 4.40. The Balaban J connectivity index is 2.08. The van der Waals surface area contributed by atoms with Crippen molar-refractivity contribution in [3.05, 3.63) is 55.0 Å². The lowest BCUT2D eigenvalue weighted by Crippen LogP contribution is -2.15. The number of nitrogen functional groups attached to an aromatic ring is 1. The molecule has 0 fully saturated rings. The molecule has 21 heavy (non-hydrogen) atoms. The highest BCUT2D eigenvalue weighted by molar-refractivity contribution is 7.92. The van der Waals surface area contributed by atoms with Gasteiger partial charge in [-0.2, -0.15) is 0 Å². The number of fused-ring (bicyclic) bond motifs is 1. The van der Waals surface area contributed by atoms with E-state index in [0.717, 1.165) is 0 Å². The fourth-order valence-electron chi connectivity index (χ4n) is 2.01. The molecule has 0 spiro atoms. The van der Waals surface area contributed by atoms with E-state index >= 15 is 0 Å². The molecule has 3 aromatic rings. The quantitative estimate of drug-likeness (QED) is 0.771. The molecule has 0 radical (unpaired) electrons. The molecule has 0 aliphatic rings. The molecule has 0 unspecified atom stereocenters. The maximum atomic E-state index is 12.4. The normalized spacial score (nSPS) is 11.4. The summed E-state index contributed by atoms with van der Waals surface area (Å²) in [6.07, 6.45) is 4.32. The van der Waals surface area contributed by atoms with Gasteiger partial charge in [0.1, 0.15) is 4.90 Å². The number of anilines is 2. The highest BCUT2D eigenvalue weighted by atomic mass is 32.2. The van der Waals surface area contributed by atoms with Crippen molar-refractivity contribution in [2.75, 3.05) is 10.5 Å². The standard InChI is InChI=1S/C14H12N4O2S/c15-11-6-8-16-9-14(11)21(19,20)18-13-5-1-4-12-10(13)3-2-7-17-12/h1-9,18H,(H2,15,16). The fraction of sp³-hybridized carbons (Fsp3) is 0. The summed E-state index contributed by atoms with van der Waals surface area (Å²) in [7, 11) is -3.80. The minimum absolute atomic E-state index is 0.0501. The van der Waals surface area contributed by atoms with Gasteiger partial charge in [-0.25, -0.2) is 8.42 Å². The Kier molecular flexibility index (Phi) is 3.19. The Bertz CT molecular complexity index is 904. The molecule has 1 aromatic carbocycles. The summed E-state index contributed by atoms with van der Waals surface area (Å²) in [5, 5.41) is 0.714. The van der Waals surface area contributed by atoms with Gasteiger partial charge in [-0.3, -0.25) is 14.7 Å². The van der Waals surface area contributed by atoms with Gasteiger partial charge in [0.2, 0.25) is 0 Å². The average molecular weight is 300 g/mol. The first-order chi connectivity index (χ1) is 10.1. The summed E-state index contributed by atoms with van der Waals surface area (Å²) in [4.78, 5) is 7.94. The molecular weight excluding hydrogens is 288 g/mol. The summed E-state index contributed by atoms with van der Waals surface area (Å²) in [5.41, 5.74) is 7.00. The van der Waals surface area contributed by atoms with Gasteiger partial charge in [-0.1, -0.05) is 6.07 Å². The number of hydrogen-bond donors (Lipinski definition) is 2. The molecule has 0 aliphatic heterocycles. The lowest BCUT2D eigenvalue weighted by Gasteiger charge is -2.11. The van der Waals surface area contributed by atoms with E-state index in [1.807, 2.05) is 6.07 Å². The third-order valence-electron chi connectivity index (χ3n) is 3.00. The molecule has 6 nitrogen and oxygen atoms in total. The first kappa shape index (κ1) is 13.3. The predicted octanol–water partition coefficient (Wildman–Crippen LogP) is 2.01. The zero-order chi connectivity index (χ0) is 14.9. The lowest BCUT2D eigenvalue weighted by molar-refractivity contribution is 0.601. The summed E-state index contributed by atoms with van der Waals surface area (Å²) >= 11 is 0. The molecule has 0 aliphatic carbocycles. The summed E-state index contributed by atoms with van der Waals surface area (Å²) in [6, 6.07) is 10.2. The second-order valence-corrected chi connectivity index (χ2v) is 6.05. The highest BCUT2D eigenvalue weighted by Gasteiger charge is 2.18. The van der Waals surface area contributed by atoms with Crippen molar-refractivity contribution in [1.82, 2.24) is 9.97 Å². The zero-order valence-corrected chi connectivity index (χ0v) is 11.7. The molecule has 0 saturated carbocycles. The second kappa shape index (κ2) is 5.02. The van der Waals surface area contributed by atoms with Crippen molar-refractivity contribution in [3.8, 4) is 0 Å². The van der Waals surface area contributed by atoms with Crippen molar-refractivity contribution in [1.29, 1.82) is 0 Å². The van der Waals surface area contributed by atoms with Crippen LogP contribution in [0.15, 0.2) is 59.9 Å². The largest absolute Gasteiger partial charge is 0.398 e. The number of aromatic nitrogens is 2. The first-order valence-corrected chi connectivity index (χ1v) is 7.62. The van der Waals surface area contributed by atoms with E-state index in [1.54, 1.807) is 30.5 Å². The number of benzene rings is 1. The van der Waals surface area contributed by atoms with Crippen molar-refractivity contribution >= 4 is 32.3 Å². The number of hydrogen-bond acceptors (Lipinski definition) is 5. The van der Waals surface area contributed by atoms with Gasteiger partial charge in [0, 0.05) is 24.0 Å². The molecule has 106 valence electrons. The summed E-state index contributed by atoms with van der Waals surface area (Å²) in [5.74, 6) is 0. The molecule has 0 saturated heterocycles. The van der Waals surface area contributed by atoms with Crippen LogP contribution in [0.2, 0.25) is 0 Å². The van der Waals surface area contributed by atoms with Gasteiger partial charge in [0.05, 0.1) is 16.9 Å². The highest BCUT2D eigenvalue weighted by Crippen LogP contribution is 2.25. The number of sulfonamides is 1. The summed E-state index contributed by atoms with van der Waals surface area (Å²) in [6.45, 7) is 0. The molecule has 3 N–H and O–H groups in total.